The molecule has 0 aliphatic rings. The van der Waals surface area contributed by atoms with E-state index in [1.807, 2.05) is 0 Å². The summed E-state index contributed by atoms with van der Waals surface area (Å²) in [6, 6.07) is 0. The van der Waals surface area contributed by atoms with Crippen LogP contribution in [0.25, 0.3) is 0 Å². The van der Waals surface area contributed by atoms with Gasteiger partial charge in [-0.1, -0.05) is 281 Å². The van der Waals surface area contributed by atoms with E-state index in [2.05, 4.69) is 179 Å². The van der Waals surface area contributed by atoms with Crippen LogP contribution in [0, 0.1) is 0 Å². The van der Waals surface area contributed by atoms with Gasteiger partial charge in [0, 0.05) is 19.3 Å². The van der Waals surface area contributed by atoms with Gasteiger partial charge in [0.1, 0.15) is 13.2 Å². The van der Waals surface area contributed by atoms with Crippen LogP contribution in [0.5, 0.6) is 0 Å². The van der Waals surface area contributed by atoms with Crippen molar-refractivity contribution < 1.29 is 28.6 Å². The van der Waals surface area contributed by atoms with Crippen LogP contribution in [-0.4, -0.2) is 37.2 Å². The molecule has 0 aromatic rings. The Morgan fingerprint density at radius 1 is 0.253 bits per heavy atom. The van der Waals surface area contributed by atoms with Gasteiger partial charge in [-0.25, -0.2) is 0 Å². The standard InChI is InChI=1S/C77H124O6/c1-4-7-10-13-16-19-22-25-28-30-32-34-36-37-38-39-41-42-44-46-49-52-55-58-61-64-67-70-76(79)82-73-74(72-81-75(78)69-66-63-60-57-54-51-48-27-24-21-18-15-12-9-6-3)83-77(80)71-68-65-62-59-56-53-50-47-45-43-40-35-33-31-29-26-23-20-17-14-11-8-5-2/h7,9-10,12,16,18-19,21,23,25-28,31-34,37-38,41-42,46,48-49,55,58,74H,4-6,8,11,13-15,17,20,22,24,29-30,35-36,39-40,43-45,47,50-54,56-57,59-73H2,1-3H3/b10-7-,12-9-,19-16-,21-18-,26-23-,28-25-,33-31-,34-32-,38-37-,42-41-,48-27-,49-46-,58-55-. The second-order valence-corrected chi connectivity index (χ2v) is 22.0. The molecule has 0 aromatic carbocycles. The lowest BCUT2D eigenvalue weighted by Crippen LogP contribution is -2.30. The zero-order valence-corrected chi connectivity index (χ0v) is 53.7. The number of esters is 3. The number of unbranched alkanes of at least 4 members (excludes halogenated alkanes) is 23. The van der Waals surface area contributed by atoms with E-state index in [0.29, 0.717) is 25.7 Å². The third kappa shape index (κ3) is 67.7. The molecule has 0 N–H and O–H groups in total. The maximum atomic E-state index is 13.0. The van der Waals surface area contributed by atoms with Gasteiger partial charge in [-0.05, 0) is 148 Å². The van der Waals surface area contributed by atoms with Crippen LogP contribution >= 0.6 is 0 Å². The lowest BCUT2D eigenvalue weighted by atomic mass is 10.0. The van der Waals surface area contributed by atoms with Gasteiger partial charge >= 0.3 is 17.9 Å². The van der Waals surface area contributed by atoms with Crippen molar-refractivity contribution in [1.29, 1.82) is 0 Å². The third-order valence-electron chi connectivity index (χ3n) is 14.0. The average Bonchev–Trinajstić information content (AvgIpc) is 3.49. The molecule has 0 aromatic heterocycles. The first-order valence-corrected chi connectivity index (χ1v) is 34.0. The Balaban J connectivity index is 4.47. The van der Waals surface area contributed by atoms with Crippen LogP contribution in [0.3, 0.4) is 0 Å². The zero-order valence-electron chi connectivity index (χ0n) is 53.7. The molecule has 6 nitrogen and oxygen atoms in total. The molecule has 83 heavy (non-hydrogen) atoms. The largest absolute Gasteiger partial charge is 0.462 e. The Morgan fingerprint density at radius 3 is 0.759 bits per heavy atom. The van der Waals surface area contributed by atoms with Gasteiger partial charge in [-0.2, -0.15) is 0 Å². The maximum absolute atomic E-state index is 13.0. The molecule has 0 fully saturated rings. The number of rotatable bonds is 60. The summed E-state index contributed by atoms with van der Waals surface area (Å²) in [5, 5.41) is 0. The van der Waals surface area contributed by atoms with Gasteiger partial charge in [0.25, 0.3) is 0 Å². The Morgan fingerprint density at radius 2 is 0.470 bits per heavy atom. The number of carbonyl (C=O) groups is 3. The molecule has 0 rings (SSSR count). The number of allylic oxidation sites excluding steroid dienone is 26. The highest BCUT2D eigenvalue weighted by Crippen LogP contribution is 2.15. The van der Waals surface area contributed by atoms with Gasteiger partial charge in [0.2, 0.25) is 0 Å². The maximum Gasteiger partial charge on any atom is 0.306 e. The van der Waals surface area contributed by atoms with Gasteiger partial charge in [-0.3, -0.25) is 14.4 Å². The highest BCUT2D eigenvalue weighted by Gasteiger charge is 2.19. The molecule has 0 aliphatic heterocycles. The molecule has 468 valence electrons. The molecule has 0 saturated heterocycles. The fourth-order valence-corrected chi connectivity index (χ4v) is 8.97. The van der Waals surface area contributed by atoms with Crippen molar-refractivity contribution in [2.24, 2.45) is 0 Å². The summed E-state index contributed by atoms with van der Waals surface area (Å²) < 4.78 is 16.9. The monoisotopic (exact) mass is 1140 g/mol. The van der Waals surface area contributed by atoms with E-state index >= 15 is 0 Å². The lowest BCUT2D eigenvalue weighted by molar-refractivity contribution is -0.167. The summed E-state index contributed by atoms with van der Waals surface area (Å²) in [7, 11) is 0. The quantitative estimate of drug-likeness (QED) is 0.0261. The Kier molecular flexibility index (Phi) is 65.4. The van der Waals surface area contributed by atoms with Crippen LogP contribution < -0.4 is 0 Å². The molecular weight excluding hydrogens is 1020 g/mol. The lowest BCUT2D eigenvalue weighted by Gasteiger charge is -2.18. The summed E-state index contributed by atoms with van der Waals surface area (Å²) in [4.78, 5) is 38.4. The van der Waals surface area contributed by atoms with E-state index in [9.17, 15) is 14.4 Å². The SMILES string of the molecule is CC/C=C\C/C=C\C/C=C\C/C=C\C/C=C\C/C=C\C/C=C\C/C=C\CCCCC(=O)OCC(COC(=O)CCCCCCC/C=C\C/C=C\C/C=C\CC)OC(=O)CCCCCCCCCCCCC/C=C\C/C=C\CCCCCCC. The Bertz CT molecular complexity index is 1840. The van der Waals surface area contributed by atoms with E-state index in [-0.39, 0.29) is 31.1 Å². The fraction of sp³-hybridized carbons (Fsp3) is 0.623. The van der Waals surface area contributed by atoms with Crippen molar-refractivity contribution in [3.05, 3.63) is 158 Å². The topological polar surface area (TPSA) is 78.9 Å². The minimum atomic E-state index is -0.814. The normalized spacial score (nSPS) is 13.1. The van der Waals surface area contributed by atoms with Crippen molar-refractivity contribution >= 4 is 17.9 Å². The van der Waals surface area contributed by atoms with Gasteiger partial charge in [-0.15, -0.1) is 0 Å². The molecule has 0 amide bonds. The van der Waals surface area contributed by atoms with E-state index in [1.54, 1.807) is 0 Å². The first-order chi connectivity index (χ1) is 41.0. The minimum absolute atomic E-state index is 0.107. The number of hydrogen-bond acceptors (Lipinski definition) is 6. The summed E-state index contributed by atoms with van der Waals surface area (Å²) in [5.74, 6) is -0.969. The van der Waals surface area contributed by atoms with Crippen molar-refractivity contribution in [2.45, 2.75) is 297 Å². The fourth-order valence-electron chi connectivity index (χ4n) is 8.97. The zero-order chi connectivity index (χ0) is 59.9. The molecule has 6 heteroatoms. The summed E-state index contributed by atoms with van der Waals surface area (Å²) in [5.41, 5.74) is 0. The van der Waals surface area contributed by atoms with Crippen molar-refractivity contribution in [3.8, 4) is 0 Å². The van der Waals surface area contributed by atoms with Gasteiger partial charge < -0.3 is 14.2 Å². The molecule has 0 heterocycles. The summed E-state index contributed by atoms with van der Waals surface area (Å²) in [6.45, 7) is 6.36. The van der Waals surface area contributed by atoms with Gasteiger partial charge in [0.05, 0.1) is 0 Å². The van der Waals surface area contributed by atoms with Crippen LogP contribution in [0.2, 0.25) is 0 Å². The third-order valence-corrected chi connectivity index (χ3v) is 14.0. The van der Waals surface area contributed by atoms with Gasteiger partial charge in [0.15, 0.2) is 6.10 Å². The predicted molar refractivity (Wildman–Crippen MR) is 362 cm³/mol. The molecule has 0 spiro atoms. The van der Waals surface area contributed by atoms with Crippen LogP contribution in [0.1, 0.15) is 290 Å². The molecule has 0 radical (unpaired) electrons. The van der Waals surface area contributed by atoms with Crippen LogP contribution in [0.15, 0.2) is 158 Å². The van der Waals surface area contributed by atoms with E-state index in [4.69, 9.17) is 14.2 Å². The van der Waals surface area contributed by atoms with E-state index in [1.165, 1.54) is 96.3 Å². The smallest absolute Gasteiger partial charge is 0.306 e. The average molecular weight is 1150 g/mol. The summed E-state index contributed by atoms with van der Waals surface area (Å²) >= 11 is 0. The van der Waals surface area contributed by atoms with Crippen molar-refractivity contribution in [3.63, 3.8) is 0 Å². The molecule has 0 saturated carbocycles. The van der Waals surface area contributed by atoms with Crippen LogP contribution in [0.4, 0.5) is 0 Å². The van der Waals surface area contributed by atoms with Crippen molar-refractivity contribution in [1.82, 2.24) is 0 Å². The predicted octanol–water partition coefficient (Wildman–Crippen LogP) is 23.7. The van der Waals surface area contributed by atoms with E-state index in [0.717, 1.165) is 148 Å². The number of hydrogen-bond donors (Lipinski definition) is 0. The molecular formula is C77H124O6. The highest BCUT2D eigenvalue weighted by molar-refractivity contribution is 5.71. The number of ether oxygens (including phenoxy) is 3. The second kappa shape index (κ2) is 69.5. The van der Waals surface area contributed by atoms with Crippen LogP contribution in [-0.2, 0) is 28.6 Å². The van der Waals surface area contributed by atoms with Crippen molar-refractivity contribution in [2.75, 3.05) is 13.2 Å². The number of carbonyl (C=O) groups excluding carboxylic acids is 3. The molecule has 0 aliphatic carbocycles. The second-order valence-electron chi connectivity index (χ2n) is 22.0. The summed E-state index contributed by atoms with van der Waals surface area (Å²) in [6.07, 6.45) is 101. The minimum Gasteiger partial charge on any atom is -0.462 e. The molecule has 1 unspecified atom stereocenters. The van der Waals surface area contributed by atoms with E-state index < -0.39 is 6.10 Å². The highest BCUT2D eigenvalue weighted by atomic mass is 16.6. The molecule has 0 bridgehead atoms. The Labute approximate surface area is 511 Å². The Hall–Kier alpha value is -4.97. The first kappa shape index (κ1) is 78.0. The first-order valence-electron chi connectivity index (χ1n) is 34.0. The molecule has 1 atom stereocenters.